The summed E-state index contributed by atoms with van der Waals surface area (Å²) >= 11 is 0. The Morgan fingerprint density at radius 2 is 1.80 bits per heavy atom. The Kier molecular flexibility index (Phi) is 9.80. The summed E-state index contributed by atoms with van der Waals surface area (Å²) in [6.07, 6.45) is 4.49. The van der Waals surface area contributed by atoms with Crippen molar-refractivity contribution in [3.63, 3.8) is 0 Å². The molecule has 2 aliphatic heterocycles. The molecule has 240 valence electrons. The largest absolute Gasteiger partial charge is 0.356 e. The molecule has 0 bridgehead atoms. The molecule has 2 aromatic heterocycles. The number of amides is 2. The fraction of sp³-hybridized carbons (Fsp3) is 0.600. The van der Waals surface area contributed by atoms with E-state index < -0.39 is 21.9 Å². The molecule has 4 heterocycles. The highest BCUT2D eigenvalue weighted by atomic mass is 32.2. The van der Waals surface area contributed by atoms with Gasteiger partial charge in [0.05, 0.1) is 0 Å². The first kappa shape index (κ1) is 32.2. The zero-order valence-corrected chi connectivity index (χ0v) is 25.9. The second kappa shape index (κ2) is 13.4. The lowest BCUT2D eigenvalue weighted by atomic mass is 9.77. The van der Waals surface area contributed by atoms with Crippen LogP contribution in [0.25, 0.3) is 0 Å². The molecule has 3 aliphatic rings. The molecule has 0 aromatic carbocycles. The molecule has 2 saturated heterocycles. The predicted octanol–water partition coefficient (Wildman–Crippen LogP) is 2.79. The Labute approximate surface area is 257 Å². The highest BCUT2D eigenvalue weighted by Gasteiger charge is 2.44. The number of rotatable bonds is 10. The Morgan fingerprint density at radius 1 is 1.07 bits per heavy atom. The summed E-state index contributed by atoms with van der Waals surface area (Å²) in [4.78, 5) is 36.5. The monoisotopic (exact) mass is 633 g/mol. The maximum absolute atomic E-state index is 15.8. The number of carbonyl (C=O) groups is 2. The minimum atomic E-state index is -3.83. The fourth-order valence-electron chi connectivity index (χ4n) is 6.30. The normalized spacial score (nSPS) is 22.0. The molecule has 0 spiro atoms. The summed E-state index contributed by atoms with van der Waals surface area (Å²) in [7, 11) is -3.83. The van der Waals surface area contributed by atoms with E-state index in [1.807, 2.05) is 4.90 Å². The first-order chi connectivity index (χ1) is 21.0. The number of anilines is 2. The number of hydrogen-bond acceptors (Lipinski definition) is 8. The van der Waals surface area contributed by atoms with Crippen molar-refractivity contribution in [2.24, 2.45) is 17.6 Å². The minimum Gasteiger partial charge on any atom is -0.356 e. The standard InChI is InChI=1S/C30H41F2N7O4S/c1-21-18-24(30(31,32)23-7-5-22(6-8-23)29(41)34-12-3-11-33)19-27(36-21)37-14-16-38(17-15-37)44(42,43)25-9-10-26(35-20-25)39-13-2-4-28(39)40/h9-10,18-20,22-23H,2-8,11-17,33H2,1H3,(H,34,41). The Bertz CT molecular complexity index is 1440. The summed E-state index contributed by atoms with van der Waals surface area (Å²) in [6, 6.07) is 5.86. The van der Waals surface area contributed by atoms with Crippen LogP contribution in [0, 0.1) is 18.8 Å². The van der Waals surface area contributed by atoms with Gasteiger partial charge in [-0.05, 0) is 76.3 Å². The molecule has 1 saturated carbocycles. The lowest BCUT2D eigenvalue weighted by molar-refractivity contribution is -0.129. The highest BCUT2D eigenvalue weighted by Crippen LogP contribution is 2.45. The van der Waals surface area contributed by atoms with Crippen molar-refractivity contribution >= 4 is 33.5 Å². The van der Waals surface area contributed by atoms with Crippen molar-refractivity contribution in [2.75, 3.05) is 55.6 Å². The maximum Gasteiger partial charge on any atom is 0.276 e. The van der Waals surface area contributed by atoms with Crippen molar-refractivity contribution in [1.82, 2.24) is 19.6 Å². The average Bonchev–Trinajstić information content (AvgIpc) is 3.46. The van der Waals surface area contributed by atoms with Crippen LogP contribution >= 0.6 is 0 Å². The van der Waals surface area contributed by atoms with Gasteiger partial charge in [0.2, 0.25) is 21.8 Å². The lowest BCUT2D eigenvalue weighted by Crippen LogP contribution is -2.49. The van der Waals surface area contributed by atoms with Gasteiger partial charge in [0, 0.05) is 75.0 Å². The van der Waals surface area contributed by atoms with Gasteiger partial charge in [0.15, 0.2) is 0 Å². The van der Waals surface area contributed by atoms with Crippen LogP contribution in [0.1, 0.15) is 56.2 Å². The molecule has 3 fully saturated rings. The van der Waals surface area contributed by atoms with Crippen molar-refractivity contribution in [3.8, 4) is 0 Å². The molecular formula is C30H41F2N7O4S. The van der Waals surface area contributed by atoms with E-state index >= 15 is 8.78 Å². The second-order valence-electron chi connectivity index (χ2n) is 11.9. The SMILES string of the molecule is Cc1cc(C(F)(F)C2CCC(C(=O)NCCCN)CC2)cc(N2CCN(S(=O)(=O)c3ccc(N4CCCC4=O)nc3)CC2)n1. The molecule has 0 unspecified atom stereocenters. The number of carbonyl (C=O) groups excluding carboxylic acids is 2. The molecule has 2 aromatic rings. The summed E-state index contributed by atoms with van der Waals surface area (Å²) in [5.74, 6) is -3.51. The number of nitrogens with zero attached hydrogens (tertiary/aromatic N) is 5. The van der Waals surface area contributed by atoms with E-state index in [9.17, 15) is 18.0 Å². The van der Waals surface area contributed by atoms with Crippen molar-refractivity contribution < 1.29 is 26.8 Å². The van der Waals surface area contributed by atoms with E-state index in [-0.39, 0.29) is 54.1 Å². The van der Waals surface area contributed by atoms with Crippen LogP contribution in [-0.2, 0) is 25.5 Å². The van der Waals surface area contributed by atoms with Crippen LogP contribution < -0.4 is 20.9 Å². The van der Waals surface area contributed by atoms with Crippen LogP contribution in [0.5, 0.6) is 0 Å². The van der Waals surface area contributed by atoms with E-state index in [2.05, 4.69) is 15.3 Å². The minimum absolute atomic E-state index is 0.0268. The van der Waals surface area contributed by atoms with Gasteiger partial charge in [-0.15, -0.1) is 0 Å². The summed E-state index contributed by atoms with van der Waals surface area (Å²) < 4.78 is 59.6. The Hall–Kier alpha value is -3.23. The molecule has 14 heteroatoms. The van der Waals surface area contributed by atoms with Crippen molar-refractivity contribution in [1.29, 1.82) is 0 Å². The van der Waals surface area contributed by atoms with E-state index in [4.69, 9.17) is 5.73 Å². The lowest BCUT2D eigenvalue weighted by Gasteiger charge is -2.36. The zero-order chi connectivity index (χ0) is 31.5. The molecule has 1 aliphatic carbocycles. The number of nitrogens with two attached hydrogens (primary N) is 1. The van der Waals surface area contributed by atoms with Gasteiger partial charge in [-0.2, -0.15) is 4.31 Å². The quantitative estimate of drug-likeness (QED) is 0.381. The van der Waals surface area contributed by atoms with Crippen LogP contribution in [0.15, 0.2) is 35.4 Å². The smallest absolute Gasteiger partial charge is 0.276 e. The van der Waals surface area contributed by atoms with E-state index in [0.29, 0.717) is 75.7 Å². The zero-order valence-electron chi connectivity index (χ0n) is 25.1. The topological polar surface area (TPSA) is 142 Å². The molecule has 0 radical (unpaired) electrons. The first-order valence-corrected chi connectivity index (χ1v) is 16.8. The number of pyridine rings is 2. The Balaban J connectivity index is 1.20. The van der Waals surface area contributed by atoms with Gasteiger partial charge in [0.1, 0.15) is 16.5 Å². The molecule has 3 N–H and O–H groups in total. The van der Waals surface area contributed by atoms with E-state index in [1.165, 1.54) is 28.7 Å². The third-order valence-electron chi connectivity index (χ3n) is 8.89. The number of sulfonamides is 1. The number of aryl methyl sites for hydroxylation is 1. The van der Waals surface area contributed by atoms with Crippen LogP contribution in [0.4, 0.5) is 20.4 Å². The highest BCUT2D eigenvalue weighted by molar-refractivity contribution is 7.89. The van der Waals surface area contributed by atoms with Crippen LogP contribution in [0.2, 0.25) is 0 Å². The first-order valence-electron chi connectivity index (χ1n) is 15.4. The van der Waals surface area contributed by atoms with Crippen molar-refractivity contribution in [2.45, 2.75) is 62.7 Å². The maximum atomic E-state index is 15.8. The number of nitrogens with one attached hydrogen (secondary N) is 1. The van der Waals surface area contributed by atoms with Crippen LogP contribution in [0.3, 0.4) is 0 Å². The predicted molar refractivity (Wildman–Crippen MR) is 162 cm³/mol. The van der Waals surface area contributed by atoms with Gasteiger partial charge in [-0.1, -0.05) is 0 Å². The molecule has 5 rings (SSSR count). The van der Waals surface area contributed by atoms with Gasteiger partial charge >= 0.3 is 0 Å². The molecule has 44 heavy (non-hydrogen) atoms. The second-order valence-corrected chi connectivity index (χ2v) is 13.8. The average molecular weight is 634 g/mol. The molecular weight excluding hydrogens is 592 g/mol. The molecule has 2 amide bonds. The van der Waals surface area contributed by atoms with E-state index in [0.717, 1.165) is 6.42 Å². The summed E-state index contributed by atoms with van der Waals surface area (Å²) in [6.45, 7) is 4.13. The number of piperazine rings is 1. The number of aromatic nitrogens is 2. The molecule has 0 atom stereocenters. The number of hydrogen-bond donors (Lipinski definition) is 2. The summed E-state index contributed by atoms with van der Waals surface area (Å²) in [5.41, 5.74) is 5.83. The Morgan fingerprint density at radius 3 is 2.41 bits per heavy atom. The van der Waals surface area contributed by atoms with Gasteiger partial charge in [0.25, 0.3) is 5.92 Å². The van der Waals surface area contributed by atoms with Gasteiger partial charge in [-0.3, -0.25) is 14.5 Å². The summed E-state index contributed by atoms with van der Waals surface area (Å²) in [5, 5.41) is 2.85. The van der Waals surface area contributed by atoms with Crippen molar-refractivity contribution in [3.05, 3.63) is 41.7 Å². The van der Waals surface area contributed by atoms with Gasteiger partial charge in [-0.25, -0.2) is 27.2 Å². The van der Waals surface area contributed by atoms with Gasteiger partial charge < -0.3 is 16.0 Å². The number of halogens is 2. The van der Waals surface area contributed by atoms with E-state index in [1.54, 1.807) is 17.9 Å². The fourth-order valence-corrected chi connectivity index (χ4v) is 7.67. The molecule has 11 nitrogen and oxygen atoms in total. The van der Waals surface area contributed by atoms with Crippen LogP contribution in [-0.4, -0.2) is 80.3 Å². The third-order valence-corrected chi connectivity index (χ3v) is 10.8. The number of alkyl halides is 2. The third kappa shape index (κ3) is 6.86.